The van der Waals surface area contributed by atoms with Crippen LogP contribution >= 0.6 is 0 Å². The summed E-state index contributed by atoms with van der Waals surface area (Å²) in [6, 6.07) is 9.20. The topological polar surface area (TPSA) is 44.1 Å². The number of hydrogen-bond donors (Lipinski definition) is 0. The monoisotopic (exact) mass is 304 g/mol. The van der Waals surface area contributed by atoms with Gasteiger partial charge in [0.15, 0.2) is 0 Å². The van der Waals surface area contributed by atoms with Crippen molar-refractivity contribution in [3.05, 3.63) is 47.2 Å². The van der Waals surface area contributed by atoms with E-state index in [0.717, 1.165) is 17.7 Å². The zero-order valence-electron chi connectivity index (χ0n) is 14.8. The molecule has 0 atom stereocenters. The smallest absolute Gasteiger partial charge is 0.344 e. The molecule has 4 heteroatoms. The van der Waals surface area contributed by atoms with Crippen LogP contribution in [0.1, 0.15) is 56.2 Å². The first kappa shape index (κ1) is 19.9. The quantitative estimate of drug-likeness (QED) is 0.781. The van der Waals surface area contributed by atoms with Crippen LogP contribution in [0.3, 0.4) is 0 Å². The van der Waals surface area contributed by atoms with Gasteiger partial charge >= 0.3 is 5.97 Å². The van der Waals surface area contributed by atoms with Crippen LogP contribution in [0.2, 0.25) is 0 Å². The number of ether oxygens (including phenoxy) is 1. The molecule has 0 aliphatic rings. The maximum atomic E-state index is 12.0. The molecule has 4 nitrogen and oxygen atoms in total. The molecule has 0 N–H and O–H groups in total. The van der Waals surface area contributed by atoms with Crippen LogP contribution in [0.25, 0.3) is 0 Å². The van der Waals surface area contributed by atoms with Crippen molar-refractivity contribution in [1.82, 2.24) is 9.78 Å². The van der Waals surface area contributed by atoms with Crippen LogP contribution < -0.4 is 4.74 Å². The van der Waals surface area contributed by atoms with Crippen LogP contribution in [-0.2, 0) is 13.5 Å². The van der Waals surface area contributed by atoms with Gasteiger partial charge in [0.2, 0.25) is 5.88 Å². The summed E-state index contributed by atoms with van der Waals surface area (Å²) >= 11 is 0. The summed E-state index contributed by atoms with van der Waals surface area (Å²) in [4.78, 5) is 12.0. The van der Waals surface area contributed by atoms with Crippen LogP contribution in [0.4, 0.5) is 0 Å². The molecule has 0 spiro atoms. The second-order valence-electron chi connectivity index (χ2n) is 4.19. The van der Waals surface area contributed by atoms with Gasteiger partial charge in [0.25, 0.3) is 0 Å². The fourth-order valence-electron chi connectivity index (χ4n) is 1.75. The van der Waals surface area contributed by atoms with E-state index in [4.69, 9.17) is 4.74 Å². The first-order chi connectivity index (χ1) is 10.6. The Labute approximate surface area is 134 Å². The molecule has 1 heterocycles. The molecule has 1 aromatic carbocycles. The van der Waals surface area contributed by atoms with Crippen molar-refractivity contribution in [3.8, 4) is 5.88 Å². The van der Waals surface area contributed by atoms with Gasteiger partial charge in [-0.25, -0.2) is 9.48 Å². The Morgan fingerprint density at radius 3 is 2.32 bits per heavy atom. The predicted molar refractivity (Wildman–Crippen MR) is 91.4 cm³/mol. The van der Waals surface area contributed by atoms with Gasteiger partial charge in [0.1, 0.15) is 0 Å². The minimum Gasteiger partial charge on any atom is -0.404 e. The number of rotatable bonds is 3. The number of aromatic nitrogens is 2. The summed E-state index contributed by atoms with van der Waals surface area (Å²) in [5.41, 5.74) is 2.50. The van der Waals surface area contributed by atoms with Crippen molar-refractivity contribution < 1.29 is 9.53 Å². The molecule has 0 saturated carbocycles. The Bertz CT molecular complexity index is 574. The van der Waals surface area contributed by atoms with Crippen LogP contribution in [0, 0.1) is 6.92 Å². The molecule has 2 aromatic rings. The third-order valence-corrected chi connectivity index (χ3v) is 2.73. The highest BCUT2D eigenvalue weighted by Crippen LogP contribution is 2.14. The summed E-state index contributed by atoms with van der Waals surface area (Å²) in [6.07, 6.45) is 0.895. The molecule has 0 fully saturated rings. The van der Waals surface area contributed by atoms with Gasteiger partial charge in [-0.3, -0.25) is 0 Å². The van der Waals surface area contributed by atoms with E-state index in [1.54, 1.807) is 23.9 Å². The lowest BCUT2D eigenvalue weighted by atomic mass is 10.1. The van der Waals surface area contributed by atoms with Crippen LogP contribution in [0.15, 0.2) is 30.3 Å². The van der Waals surface area contributed by atoms with E-state index in [0.29, 0.717) is 11.4 Å². The summed E-state index contributed by atoms with van der Waals surface area (Å²) in [6.45, 7) is 11.9. The molecule has 0 aliphatic carbocycles. The average Bonchev–Trinajstić information content (AvgIpc) is 2.88. The summed E-state index contributed by atoms with van der Waals surface area (Å²) in [5.74, 6) is 0.104. The molecule has 0 radical (unpaired) electrons. The number of benzene rings is 1. The minimum atomic E-state index is -0.353. The zero-order valence-corrected chi connectivity index (χ0v) is 14.8. The van der Waals surface area contributed by atoms with Gasteiger partial charge < -0.3 is 4.74 Å². The van der Waals surface area contributed by atoms with E-state index < -0.39 is 0 Å². The Hall–Kier alpha value is -2.10. The fourth-order valence-corrected chi connectivity index (χ4v) is 1.75. The van der Waals surface area contributed by atoms with E-state index in [2.05, 4.69) is 12.0 Å². The molecule has 122 valence electrons. The van der Waals surface area contributed by atoms with Crippen LogP contribution in [0.5, 0.6) is 5.88 Å². The Morgan fingerprint density at radius 1 is 1.18 bits per heavy atom. The normalized spacial score (nSPS) is 9.05. The SMILES string of the molecule is CC.CC.CCc1cccc(C(=O)Oc2cc(C)nn2C)c1. The molecule has 0 amide bonds. The number of carbonyl (C=O) groups is 1. The number of esters is 1. The van der Waals surface area contributed by atoms with E-state index in [9.17, 15) is 4.79 Å². The third-order valence-electron chi connectivity index (χ3n) is 2.73. The molecular weight excluding hydrogens is 276 g/mol. The van der Waals surface area contributed by atoms with Crippen molar-refractivity contribution in [2.24, 2.45) is 7.05 Å². The predicted octanol–water partition coefficient (Wildman–Crippen LogP) is 4.56. The summed E-state index contributed by atoms with van der Waals surface area (Å²) in [5, 5.41) is 4.13. The molecule has 0 aliphatic heterocycles. The largest absolute Gasteiger partial charge is 0.404 e. The summed E-state index contributed by atoms with van der Waals surface area (Å²) in [7, 11) is 1.75. The Kier molecular flexibility index (Phi) is 9.59. The molecule has 2 rings (SSSR count). The Balaban J connectivity index is 0.00000102. The maximum absolute atomic E-state index is 12.0. The van der Waals surface area contributed by atoms with Crippen molar-refractivity contribution in [1.29, 1.82) is 0 Å². The first-order valence-corrected chi connectivity index (χ1v) is 7.92. The lowest BCUT2D eigenvalue weighted by Gasteiger charge is -2.05. The van der Waals surface area contributed by atoms with Crippen LogP contribution in [-0.4, -0.2) is 15.7 Å². The number of aryl methyl sites for hydroxylation is 3. The molecule has 0 bridgehead atoms. The van der Waals surface area contributed by atoms with E-state index >= 15 is 0 Å². The number of carbonyl (C=O) groups excluding carboxylic acids is 1. The second-order valence-corrected chi connectivity index (χ2v) is 4.19. The van der Waals surface area contributed by atoms with Crippen molar-refractivity contribution in [3.63, 3.8) is 0 Å². The first-order valence-electron chi connectivity index (χ1n) is 7.92. The third kappa shape index (κ3) is 5.72. The van der Waals surface area contributed by atoms with Gasteiger partial charge in [0, 0.05) is 13.1 Å². The molecule has 0 saturated heterocycles. The lowest BCUT2D eigenvalue weighted by Crippen LogP contribution is -2.11. The molecule has 22 heavy (non-hydrogen) atoms. The highest BCUT2D eigenvalue weighted by atomic mass is 16.5. The van der Waals surface area contributed by atoms with Crippen molar-refractivity contribution >= 4 is 5.97 Å². The van der Waals surface area contributed by atoms with Gasteiger partial charge in [-0.2, -0.15) is 5.10 Å². The van der Waals surface area contributed by atoms with Gasteiger partial charge in [-0.05, 0) is 31.0 Å². The number of hydrogen-bond acceptors (Lipinski definition) is 3. The highest BCUT2D eigenvalue weighted by Gasteiger charge is 2.12. The lowest BCUT2D eigenvalue weighted by molar-refractivity contribution is 0.0720. The van der Waals surface area contributed by atoms with Gasteiger partial charge in [-0.15, -0.1) is 0 Å². The van der Waals surface area contributed by atoms with E-state index in [1.165, 1.54) is 0 Å². The second kappa shape index (κ2) is 10.6. The van der Waals surface area contributed by atoms with Gasteiger partial charge in [-0.1, -0.05) is 46.8 Å². The average molecular weight is 304 g/mol. The fraction of sp³-hybridized carbons (Fsp3) is 0.444. The molecular formula is C18H28N2O2. The Morgan fingerprint density at radius 2 is 1.82 bits per heavy atom. The van der Waals surface area contributed by atoms with E-state index in [-0.39, 0.29) is 5.97 Å². The zero-order chi connectivity index (χ0) is 17.1. The maximum Gasteiger partial charge on any atom is 0.344 e. The number of nitrogens with zero attached hydrogens (tertiary/aromatic N) is 2. The molecule has 0 unspecified atom stereocenters. The van der Waals surface area contributed by atoms with Crippen molar-refractivity contribution in [2.75, 3.05) is 0 Å². The van der Waals surface area contributed by atoms with Gasteiger partial charge in [0.05, 0.1) is 11.3 Å². The standard InChI is InChI=1S/C14H16N2O2.2C2H6/c1-4-11-6-5-7-12(9-11)14(17)18-13-8-10(2)15-16(13)3;2*1-2/h5-9H,4H2,1-3H3;2*1-2H3. The molecule has 1 aromatic heterocycles. The van der Waals surface area contributed by atoms with E-state index in [1.807, 2.05) is 52.8 Å². The summed E-state index contributed by atoms with van der Waals surface area (Å²) < 4.78 is 6.87. The van der Waals surface area contributed by atoms with Crippen molar-refractivity contribution in [2.45, 2.75) is 48.0 Å². The highest BCUT2D eigenvalue weighted by molar-refractivity contribution is 5.91. The minimum absolute atomic E-state index is 0.353.